The Bertz CT molecular complexity index is 784. The lowest BCUT2D eigenvalue weighted by atomic mass is 10.2. The van der Waals surface area contributed by atoms with Crippen LogP contribution in [0.15, 0.2) is 52.8 Å². The van der Waals surface area contributed by atoms with E-state index >= 15 is 0 Å². The van der Waals surface area contributed by atoms with Crippen LogP contribution < -0.4 is 0 Å². The Kier molecular flexibility index (Phi) is 3.15. The standard InChI is InChI=1S/C14H11N3O2S/c1-17-10(14(18)19)7-9-3-2-4-11(13(9)17)20-12-5-6-15-8-16-12/h2-8H,1H3,(H,18,19). The van der Waals surface area contributed by atoms with Gasteiger partial charge in [0.25, 0.3) is 0 Å². The summed E-state index contributed by atoms with van der Waals surface area (Å²) in [5.74, 6) is -0.929. The second kappa shape index (κ2) is 4.97. The molecule has 0 saturated heterocycles. The fourth-order valence-corrected chi connectivity index (χ4v) is 3.07. The maximum atomic E-state index is 11.2. The van der Waals surface area contributed by atoms with Crippen molar-refractivity contribution in [2.24, 2.45) is 7.05 Å². The maximum absolute atomic E-state index is 11.2. The molecule has 0 aliphatic rings. The number of aromatic nitrogens is 3. The molecule has 3 rings (SSSR count). The zero-order chi connectivity index (χ0) is 14.1. The number of carbonyl (C=O) groups is 1. The van der Waals surface area contributed by atoms with E-state index in [0.29, 0.717) is 0 Å². The monoisotopic (exact) mass is 285 g/mol. The molecule has 6 heteroatoms. The average molecular weight is 285 g/mol. The minimum absolute atomic E-state index is 0.274. The summed E-state index contributed by atoms with van der Waals surface area (Å²) in [5.41, 5.74) is 1.17. The van der Waals surface area contributed by atoms with E-state index in [-0.39, 0.29) is 5.69 Å². The Labute approximate surface area is 119 Å². The van der Waals surface area contributed by atoms with E-state index in [1.807, 2.05) is 24.3 Å². The quantitative estimate of drug-likeness (QED) is 0.749. The zero-order valence-corrected chi connectivity index (χ0v) is 11.5. The molecule has 0 amide bonds. The van der Waals surface area contributed by atoms with Crippen LogP contribution in [0.25, 0.3) is 10.9 Å². The van der Waals surface area contributed by atoms with Gasteiger partial charge in [-0.2, -0.15) is 0 Å². The molecule has 0 spiro atoms. The van der Waals surface area contributed by atoms with Crippen LogP contribution in [0.2, 0.25) is 0 Å². The fraction of sp³-hybridized carbons (Fsp3) is 0.0714. The van der Waals surface area contributed by atoms with Gasteiger partial charge >= 0.3 is 5.97 Å². The van der Waals surface area contributed by atoms with E-state index in [2.05, 4.69) is 9.97 Å². The summed E-state index contributed by atoms with van der Waals surface area (Å²) >= 11 is 1.49. The van der Waals surface area contributed by atoms with E-state index in [1.54, 1.807) is 23.9 Å². The first kappa shape index (κ1) is 12.7. The summed E-state index contributed by atoms with van der Waals surface area (Å²) in [4.78, 5) is 20.2. The van der Waals surface area contributed by atoms with Crippen LogP contribution in [-0.4, -0.2) is 25.6 Å². The third kappa shape index (κ3) is 2.14. The number of aryl methyl sites for hydroxylation is 1. The SMILES string of the molecule is Cn1c(C(=O)O)cc2cccc(Sc3ccncn3)c21. The lowest BCUT2D eigenvalue weighted by molar-refractivity contribution is 0.0687. The number of nitrogens with zero attached hydrogens (tertiary/aromatic N) is 3. The molecule has 0 radical (unpaired) electrons. The Morgan fingerprint density at radius 3 is 2.90 bits per heavy atom. The summed E-state index contributed by atoms with van der Waals surface area (Å²) in [5, 5.41) is 10.9. The van der Waals surface area contributed by atoms with Crippen molar-refractivity contribution in [3.05, 3.63) is 48.5 Å². The molecule has 0 aliphatic heterocycles. The van der Waals surface area contributed by atoms with Gasteiger partial charge in [-0.25, -0.2) is 14.8 Å². The second-order valence-electron chi connectivity index (χ2n) is 4.24. The van der Waals surface area contributed by atoms with E-state index in [9.17, 15) is 9.90 Å². The normalized spacial score (nSPS) is 10.8. The van der Waals surface area contributed by atoms with Gasteiger partial charge < -0.3 is 9.67 Å². The number of aromatic carboxylic acids is 1. The molecule has 5 nitrogen and oxygen atoms in total. The van der Waals surface area contributed by atoms with Gasteiger partial charge in [0.2, 0.25) is 0 Å². The number of rotatable bonds is 3. The van der Waals surface area contributed by atoms with Gasteiger partial charge in [-0.1, -0.05) is 23.9 Å². The third-order valence-electron chi connectivity index (χ3n) is 3.01. The van der Waals surface area contributed by atoms with Gasteiger partial charge in [0.05, 0.1) is 5.52 Å². The smallest absolute Gasteiger partial charge is 0.352 e. The minimum atomic E-state index is -0.929. The van der Waals surface area contributed by atoms with Gasteiger partial charge in [-0.05, 0) is 18.2 Å². The molecule has 20 heavy (non-hydrogen) atoms. The second-order valence-corrected chi connectivity index (χ2v) is 5.30. The van der Waals surface area contributed by atoms with E-state index in [4.69, 9.17) is 0 Å². The molecular weight excluding hydrogens is 274 g/mol. The lowest BCUT2D eigenvalue weighted by Crippen LogP contribution is -2.03. The molecule has 0 bridgehead atoms. The molecule has 0 aliphatic carbocycles. The Morgan fingerprint density at radius 2 is 2.20 bits per heavy atom. The Hall–Kier alpha value is -2.34. The van der Waals surface area contributed by atoms with Crippen molar-refractivity contribution in [2.45, 2.75) is 9.92 Å². The van der Waals surface area contributed by atoms with E-state index in [0.717, 1.165) is 20.8 Å². The van der Waals surface area contributed by atoms with E-state index < -0.39 is 5.97 Å². The van der Waals surface area contributed by atoms with Crippen LogP contribution in [0.1, 0.15) is 10.5 Å². The van der Waals surface area contributed by atoms with Crippen molar-refractivity contribution in [3.63, 3.8) is 0 Å². The summed E-state index contributed by atoms with van der Waals surface area (Å²) in [6, 6.07) is 9.29. The minimum Gasteiger partial charge on any atom is -0.477 e. The third-order valence-corrected chi connectivity index (χ3v) is 4.01. The highest BCUT2D eigenvalue weighted by Crippen LogP contribution is 2.33. The predicted molar refractivity (Wildman–Crippen MR) is 76.0 cm³/mol. The maximum Gasteiger partial charge on any atom is 0.352 e. The molecule has 0 unspecified atom stereocenters. The number of carboxylic acids is 1. The molecule has 0 atom stereocenters. The number of benzene rings is 1. The summed E-state index contributed by atoms with van der Waals surface area (Å²) in [6.07, 6.45) is 3.18. The highest BCUT2D eigenvalue weighted by molar-refractivity contribution is 7.99. The highest BCUT2D eigenvalue weighted by Gasteiger charge is 2.15. The lowest BCUT2D eigenvalue weighted by Gasteiger charge is -2.06. The van der Waals surface area contributed by atoms with Crippen molar-refractivity contribution in [3.8, 4) is 0 Å². The van der Waals surface area contributed by atoms with Crippen molar-refractivity contribution in [1.29, 1.82) is 0 Å². The molecular formula is C14H11N3O2S. The Morgan fingerprint density at radius 1 is 1.35 bits per heavy atom. The molecule has 2 heterocycles. The molecule has 0 fully saturated rings. The molecule has 2 aromatic heterocycles. The largest absolute Gasteiger partial charge is 0.477 e. The highest BCUT2D eigenvalue weighted by atomic mass is 32.2. The van der Waals surface area contributed by atoms with Crippen molar-refractivity contribution in [2.75, 3.05) is 0 Å². The predicted octanol–water partition coefficient (Wildman–Crippen LogP) is 2.82. The van der Waals surface area contributed by atoms with Crippen LogP contribution in [0.4, 0.5) is 0 Å². The van der Waals surface area contributed by atoms with Crippen LogP contribution in [0, 0.1) is 0 Å². The number of carboxylic acid groups (broad SMARTS) is 1. The van der Waals surface area contributed by atoms with Gasteiger partial charge in [-0.15, -0.1) is 0 Å². The summed E-state index contributed by atoms with van der Waals surface area (Å²) in [6.45, 7) is 0. The first-order valence-corrected chi connectivity index (χ1v) is 6.74. The van der Waals surface area contributed by atoms with Crippen LogP contribution >= 0.6 is 11.8 Å². The van der Waals surface area contributed by atoms with Crippen LogP contribution in [0.3, 0.4) is 0 Å². The van der Waals surface area contributed by atoms with Gasteiger partial charge in [0, 0.05) is 23.5 Å². The first-order chi connectivity index (χ1) is 9.66. The number of fused-ring (bicyclic) bond motifs is 1. The molecule has 100 valence electrons. The average Bonchev–Trinajstić information content (AvgIpc) is 2.79. The van der Waals surface area contributed by atoms with Crippen LogP contribution in [0.5, 0.6) is 0 Å². The molecule has 1 N–H and O–H groups in total. The van der Waals surface area contributed by atoms with Crippen molar-refractivity contribution < 1.29 is 9.90 Å². The van der Waals surface area contributed by atoms with Crippen molar-refractivity contribution in [1.82, 2.24) is 14.5 Å². The summed E-state index contributed by atoms with van der Waals surface area (Å²) in [7, 11) is 1.76. The van der Waals surface area contributed by atoms with Gasteiger partial charge in [0.15, 0.2) is 0 Å². The topological polar surface area (TPSA) is 68.0 Å². The summed E-state index contributed by atoms with van der Waals surface area (Å²) < 4.78 is 1.70. The Balaban J connectivity index is 2.14. The van der Waals surface area contributed by atoms with Gasteiger partial charge in [-0.3, -0.25) is 0 Å². The number of hydrogen-bond acceptors (Lipinski definition) is 4. The molecule has 1 aromatic carbocycles. The van der Waals surface area contributed by atoms with Gasteiger partial charge in [0.1, 0.15) is 17.0 Å². The molecule has 3 aromatic rings. The van der Waals surface area contributed by atoms with Crippen molar-refractivity contribution >= 4 is 28.6 Å². The van der Waals surface area contributed by atoms with Crippen LogP contribution in [-0.2, 0) is 7.05 Å². The zero-order valence-electron chi connectivity index (χ0n) is 10.6. The fourth-order valence-electron chi connectivity index (χ4n) is 2.12. The number of para-hydroxylation sites is 1. The number of hydrogen-bond donors (Lipinski definition) is 1. The first-order valence-electron chi connectivity index (χ1n) is 5.92. The van der Waals surface area contributed by atoms with E-state index in [1.165, 1.54) is 18.1 Å². The molecule has 0 saturated carbocycles.